The minimum Gasteiger partial charge on any atom is -0.496 e. The zero-order chi connectivity index (χ0) is 28.5. The third kappa shape index (κ3) is 5.38. The van der Waals surface area contributed by atoms with Gasteiger partial charge in [-0.1, -0.05) is 30.3 Å². The van der Waals surface area contributed by atoms with Gasteiger partial charge in [0.1, 0.15) is 23.9 Å². The van der Waals surface area contributed by atoms with Gasteiger partial charge in [0.15, 0.2) is 11.5 Å². The fourth-order valence-electron chi connectivity index (χ4n) is 5.34. The molecule has 0 radical (unpaired) electrons. The first-order valence-corrected chi connectivity index (χ1v) is 12.8. The van der Waals surface area contributed by atoms with Gasteiger partial charge in [0.05, 0.1) is 40.6 Å². The second-order valence-corrected chi connectivity index (χ2v) is 10.6. The largest absolute Gasteiger partial charge is 0.496 e. The van der Waals surface area contributed by atoms with Gasteiger partial charge >= 0.3 is 6.09 Å². The van der Waals surface area contributed by atoms with Crippen molar-refractivity contribution in [3.05, 3.63) is 52.6 Å². The van der Waals surface area contributed by atoms with E-state index in [1.165, 1.54) is 19.1 Å². The molecule has 2 aromatic rings. The maximum atomic E-state index is 13.7. The molecule has 2 aliphatic rings. The van der Waals surface area contributed by atoms with Crippen LogP contribution < -0.4 is 14.2 Å². The number of imide groups is 1. The Morgan fingerprint density at radius 2 is 1.62 bits per heavy atom. The number of methoxy groups -OCH3 is 3. The lowest BCUT2D eigenvalue weighted by molar-refractivity contribution is -0.160. The molecule has 39 heavy (non-hydrogen) atoms. The molecule has 2 atom stereocenters. The first-order valence-electron chi connectivity index (χ1n) is 12.8. The van der Waals surface area contributed by atoms with Crippen molar-refractivity contribution in [2.75, 3.05) is 34.5 Å². The summed E-state index contributed by atoms with van der Waals surface area (Å²) in [5.41, 5.74) is 2.21. The Kier molecular flexibility index (Phi) is 8.06. The highest BCUT2D eigenvalue weighted by Crippen LogP contribution is 2.51. The first-order chi connectivity index (χ1) is 18.5. The van der Waals surface area contributed by atoms with E-state index in [1.54, 1.807) is 27.9 Å². The second kappa shape index (κ2) is 11.1. The number of nitrogens with zero attached hydrogens (tertiary/aromatic N) is 2. The molecule has 1 saturated heterocycles. The van der Waals surface area contributed by atoms with E-state index < -0.39 is 42.1 Å². The lowest BCUT2D eigenvalue weighted by Crippen LogP contribution is -2.64. The summed E-state index contributed by atoms with van der Waals surface area (Å²) in [6, 6.07) is 8.00. The molecule has 3 amide bonds. The van der Waals surface area contributed by atoms with Gasteiger partial charge in [0.25, 0.3) is 5.91 Å². The number of hydrogen-bond donors (Lipinski definition) is 0. The summed E-state index contributed by atoms with van der Waals surface area (Å²) in [6.07, 6.45) is -0.725. The van der Waals surface area contributed by atoms with Crippen molar-refractivity contribution in [2.45, 2.75) is 58.4 Å². The quantitative estimate of drug-likeness (QED) is 0.522. The summed E-state index contributed by atoms with van der Waals surface area (Å²) >= 11 is 0. The molecule has 0 N–H and O–H groups in total. The molecule has 4 rings (SSSR count). The van der Waals surface area contributed by atoms with Crippen molar-refractivity contribution in [2.24, 2.45) is 0 Å². The van der Waals surface area contributed by atoms with Crippen LogP contribution in [0, 0.1) is 6.92 Å². The highest BCUT2D eigenvalue weighted by Gasteiger charge is 2.51. The lowest BCUT2D eigenvalue weighted by Gasteiger charge is -2.47. The van der Waals surface area contributed by atoms with Crippen molar-refractivity contribution in [3.63, 3.8) is 0 Å². The van der Waals surface area contributed by atoms with E-state index in [-0.39, 0.29) is 13.0 Å². The molecule has 0 saturated carbocycles. The van der Waals surface area contributed by atoms with E-state index in [1.807, 2.05) is 37.3 Å². The van der Waals surface area contributed by atoms with Crippen LogP contribution in [0.4, 0.5) is 4.79 Å². The summed E-state index contributed by atoms with van der Waals surface area (Å²) in [6.45, 7) is 6.91. The summed E-state index contributed by atoms with van der Waals surface area (Å²) in [4.78, 5) is 42.7. The Labute approximate surface area is 228 Å². The highest BCUT2D eigenvalue weighted by atomic mass is 16.6. The predicted molar refractivity (Wildman–Crippen MR) is 142 cm³/mol. The van der Waals surface area contributed by atoms with Crippen molar-refractivity contribution >= 4 is 17.9 Å². The van der Waals surface area contributed by atoms with Crippen LogP contribution >= 0.6 is 0 Å². The molecular formula is C29H36N2O8. The maximum absolute atomic E-state index is 13.7. The van der Waals surface area contributed by atoms with Gasteiger partial charge in [-0.2, -0.15) is 0 Å². The monoisotopic (exact) mass is 540 g/mol. The minimum atomic E-state index is -0.956. The molecule has 2 heterocycles. The van der Waals surface area contributed by atoms with Crippen molar-refractivity contribution in [1.82, 2.24) is 9.80 Å². The van der Waals surface area contributed by atoms with Crippen LogP contribution in [0.25, 0.3) is 0 Å². The number of amides is 3. The molecule has 2 aliphatic heterocycles. The van der Waals surface area contributed by atoms with Crippen molar-refractivity contribution in [3.8, 4) is 17.2 Å². The van der Waals surface area contributed by atoms with E-state index in [0.29, 0.717) is 40.5 Å². The number of piperazine rings is 1. The van der Waals surface area contributed by atoms with Gasteiger partial charge in [0, 0.05) is 23.1 Å². The van der Waals surface area contributed by atoms with E-state index in [9.17, 15) is 14.4 Å². The number of carbonyl (C=O) groups is 3. The van der Waals surface area contributed by atoms with Gasteiger partial charge in [-0.3, -0.25) is 9.59 Å². The molecule has 0 spiro atoms. The molecule has 10 nitrogen and oxygen atoms in total. The molecule has 2 aromatic carbocycles. The number of rotatable bonds is 7. The van der Waals surface area contributed by atoms with E-state index in [2.05, 4.69) is 0 Å². The van der Waals surface area contributed by atoms with Gasteiger partial charge in [-0.15, -0.1) is 0 Å². The number of ether oxygens (including phenoxy) is 5. The molecule has 210 valence electrons. The van der Waals surface area contributed by atoms with Gasteiger partial charge in [-0.05, 0) is 33.3 Å². The third-order valence-electron chi connectivity index (χ3n) is 6.88. The van der Waals surface area contributed by atoms with Gasteiger partial charge in [0.2, 0.25) is 5.91 Å². The van der Waals surface area contributed by atoms with Crippen LogP contribution in [-0.4, -0.2) is 73.8 Å². The van der Waals surface area contributed by atoms with Crippen LogP contribution in [0.2, 0.25) is 0 Å². The van der Waals surface area contributed by atoms with Crippen LogP contribution in [0.1, 0.15) is 49.1 Å². The minimum absolute atomic E-state index is 0.0789. The van der Waals surface area contributed by atoms with Crippen molar-refractivity contribution < 1.29 is 38.1 Å². The normalized spacial score (nSPS) is 18.8. The van der Waals surface area contributed by atoms with E-state index in [4.69, 9.17) is 23.7 Å². The van der Waals surface area contributed by atoms with Gasteiger partial charge < -0.3 is 28.6 Å². The molecule has 1 fully saturated rings. The number of benzene rings is 2. The Balaban J connectivity index is 1.80. The highest BCUT2D eigenvalue weighted by molar-refractivity contribution is 6.04. The topological polar surface area (TPSA) is 104 Å². The molecule has 0 aliphatic carbocycles. The number of carbonyl (C=O) groups excluding carboxylic acids is 3. The Morgan fingerprint density at radius 1 is 0.974 bits per heavy atom. The number of fused-ring (bicyclic) bond motifs is 2. The average molecular weight is 541 g/mol. The standard InChI is InChI=1S/C29H36N2O8/c1-17-24(35-5)19-13-20-27(33)30(28(34)39-29(2,3)4)14-22(32)31(20)21(23(19)26(37-7)25(17)36-6)16-38-15-18-11-9-8-10-12-18/h8-12,20-21H,13-16H2,1-7H3/t20-,21-/m0/s1. The average Bonchev–Trinajstić information content (AvgIpc) is 2.89. The Bertz CT molecular complexity index is 1250. The zero-order valence-corrected chi connectivity index (χ0v) is 23.5. The molecule has 0 unspecified atom stereocenters. The Morgan fingerprint density at radius 3 is 2.21 bits per heavy atom. The van der Waals surface area contributed by atoms with E-state index >= 15 is 0 Å². The van der Waals surface area contributed by atoms with Crippen LogP contribution in [0.5, 0.6) is 17.2 Å². The summed E-state index contributed by atoms with van der Waals surface area (Å²) in [5, 5.41) is 0. The zero-order valence-electron chi connectivity index (χ0n) is 23.5. The number of hydrogen-bond acceptors (Lipinski definition) is 8. The summed E-state index contributed by atoms with van der Waals surface area (Å²) in [7, 11) is 4.62. The first kappa shape index (κ1) is 28.2. The smallest absolute Gasteiger partial charge is 0.417 e. The molecule has 10 heteroatoms. The predicted octanol–water partition coefficient (Wildman–Crippen LogP) is 3.81. The SMILES string of the molecule is COc1c(C)c(OC)c(OC)c2c1C[C@H]1C(=O)N(C(=O)OC(C)(C)C)CC(=O)N1[C@H]2COCc1ccccc1. The van der Waals surface area contributed by atoms with Crippen molar-refractivity contribution in [1.29, 1.82) is 0 Å². The second-order valence-electron chi connectivity index (χ2n) is 10.6. The summed E-state index contributed by atoms with van der Waals surface area (Å²) < 4.78 is 28.9. The van der Waals surface area contributed by atoms with Crippen LogP contribution in [0.15, 0.2) is 30.3 Å². The Hall–Kier alpha value is -3.79. The fraction of sp³-hybridized carbons (Fsp3) is 0.483. The molecular weight excluding hydrogens is 504 g/mol. The van der Waals surface area contributed by atoms with E-state index in [0.717, 1.165) is 10.5 Å². The fourth-order valence-corrected chi connectivity index (χ4v) is 5.34. The molecule has 0 aromatic heterocycles. The third-order valence-corrected chi connectivity index (χ3v) is 6.88. The molecule has 0 bridgehead atoms. The van der Waals surface area contributed by atoms with Crippen LogP contribution in [-0.2, 0) is 32.1 Å². The summed E-state index contributed by atoms with van der Waals surface area (Å²) in [5.74, 6) is 0.546. The van der Waals surface area contributed by atoms with Gasteiger partial charge in [-0.25, -0.2) is 9.69 Å². The lowest BCUT2D eigenvalue weighted by atomic mass is 9.83. The van der Waals surface area contributed by atoms with Crippen LogP contribution in [0.3, 0.4) is 0 Å². The maximum Gasteiger partial charge on any atom is 0.417 e.